The summed E-state index contributed by atoms with van der Waals surface area (Å²) in [7, 11) is -2.90. The molecule has 0 saturated heterocycles. The van der Waals surface area contributed by atoms with Crippen molar-refractivity contribution in [1.29, 1.82) is 0 Å². The van der Waals surface area contributed by atoms with Crippen LogP contribution < -0.4 is 36.6 Å². The Morgan fingerprint density at radius 3 is 1.90 bits per heavy atom. The van der Waals surface area contributed by atoms with E-state index in [-0.39, 0.29) is 17.7 Å². The molecule has 10 aromatic rings. The normalized spacial score (nSPS) is 14.8. The maximum Gasteiger partial charge on any atom is 0.333 e. The minimum absolute atomic E-state index is 0.00893. The van der Waals surface area contributed by atoms with E-state index >= 15 is 0 Å². The highest BCUT2D eigenvalue weighted by molar-refractivity contribution is 7.21. The summed E-state index contributed by atoms with van der Waals surface area (Å²) >= 11 is 0. The highest BCUT2D eigenvalue weighted by atomic mass is 28.3. The fourth-order valence-corrected chi connectivity index (χ4v) is 16.7. The minimum Gasteiger partial charge on any atom is -0.454 e. The van der Waals surface area contributed by atoms with Gasteiger partial charge in [-0.15, -0.1) is 0 Å². The van der Waals surface area contributed by atoms with E-state index in [4.69, 9.17) is 4.42 Å². The number of rotatable bonds is 2. The lowest BCUT2D eigenvalue weighted by Crippen LogP contribution is -2.78. The van der Waals surface area contributed by atoms with E-state index < -0.39 is 8.07 Å². The zero-order chi connectivity index (χ0) is 41.2. The molecule has 0 aliphatic carbocycles. The molecule has 3 nitrogen and oxygen atoms in total. The second-order valence-electron chi connectivity index (χ2n) is 19.7. The van der Waals surface area contributed by atoms with Crippen LogP contribution in [0.25, 0.3) is 54.9 Å². The molecule has 0 bridgehead atoms. The van der Waals surface area contributed by atoms with Gasteiger partial charge in [0.25, 0.3) is 0 Å². The van der Waals surface area contributed by atoms with Gasteiger partial charge in [-0.2, -0.15) is 0 Å². The number of fused-ring (bicyclic) bond motifs is 13. The van der Waals surface area contributed by atoms with Gasteiger partial charge in [0.1, 0.15) is 5.58 Å². The number of benzene rings is 8. The molecule has 0 atom stereocenters. The van der Waals surface area contributed by atoms with Crippen molar-refractivity contribution >= 4 is 107 Å². The third-order valence-electron chi connectivity index (χ3n) is 14.3. The summed E-state index contributed by atoms with van der Waals surface area (Å²) in [6, 6.07) is 62.8. The van der Waals surface area contributed by atoms with Crippen LogP contribution in [0.1, 0.15) is 52.7 Å². The van der Waals surface area contributed by atoms with Gasteiger partial charge >= 0.3 is 6.85 Å². The Balaban J connectivity index is 1.27. The largest absolute Gasteiger partial charge is 0.454 e. The quantitative estimate of drug-likeness (QED) is 0.162. The van der Waals surface area contributed by atoms with E-state index in [1.54, 1.807) is 0 Å². The lowest BCUT2D eigenvalue weighted by Gasteiger charge is -2.49. The fraction of sp³-hybridized carbons (Fsp3) is 0.143. The summed E-state index contributed by atoms with van der Waals surface area (Å²) in [5, 5.41) is 10.6. The molecule has 0 spiro atoms. The average Bonchev–Trinajstić information content (AvgIpc) is 3.81. The first-order valence-electron chi connectivity index (χ1n) is 21.8. The monoisotopic (exact) mass is 800 g/mol. The van der Waals surface area contributed by atoms with Crippen LogP contribution in [0.4, 0.5) is 17.1 Å². The second-order valence-corrected chi connectivity index (χ2v) is 23.4. The molecule has 0 unspecified atom stereocenters. The average molecular weight is 801 g/mol. The zero-order valence-electron chi connectivity index (χ0n) is 35.5. The topological polar surface area (TPSA) is 21.3 Å². The number of para-hydroxylation sites is 3. The lowest BCUT2D eigenvalue weighted by atomic mass is 9.45. The fourth-order valence-electron chi connectivity index (χ4n) is 11.5. The van der Waals surface area contributed by atoms with Gasteiger partial charge < -0.3 is 13.8 Å². The van der Waals surface area contributed by atoms with E-state index in [1.165, 1.54) is 87.1 Å². The van der Waals surface area contributed by atoms with Crippen molar-refractivity contribution in [2.75, 3.05) is 4.90 Å². The molecule has 5 heterocycles. The van der Waals surface area contributed by atoms with Crippen LogP contribution in [0.2, 0.25) is 0 Å². The maximum atomic E-state index is 7.19. The molecule has 0 fully saturated rings. The van der Waals surface area contributed by atoms with Crippen molar-refractivity contribution in [2.45, 2.75) is 52.4 Å². The first-order valence-corrected chi connectivity index (χ1v) is 23.8. The van der Waals surface area contributed by atoms with Crippen molar-refractivity contribution in [3.63, 3.8) is 0 Å². The van der Waals surface area contributed by atoms with Crippen LogP contribution in [-0.2, 0) is 10.8 Å². The van der Waals surface area contributed by atoms with E-state index in [9.17, 15) is 0 Å². The molecule has 3 aliphatic heterocycles. The first-order chi connectivity index (χ1) is 29.5. The third-order valence-corrected chi connectivity index (χ3v) is 19.2. The van der Waals surface area contributed by atoms with E-state index in [0.29, 0.717) is 0 Å². The summed E-state index contributed by atoms with van der Waals surface area (Å²) in [5.74, 6) is 0. The van der Waals surface area contributed by atoms with Crippen LogP contribution in [-0.4, -0.2) is 19.4 Å². The molecule has 2 aromatic heterocycles. The van der Waals surface area contributed by atoms with Gasteiger partial charge in [-0.1, -0.05) is 163 Å². The Labute approximate surface area is 358 Å². The Morgan fingerprint density at radius 2 is 1.16 bits per heavy atom. The smallest absolute Gasteiger partial charge is 0.333 e. The molecule has 292 valence electrons. The van der Waals surface area contributed by atoms with E-state index in [1.807, 2.05) is 0 Å². The summed E-state index contributed by atoms with van der Waals surface area (Å²) in [6.45, 7) is 14.0. The first kappa shape index (κ1) is 35.2. The van der Waals surface area contributed by atoms with E-state index in [0.717, 1.165) is 27.6 Å². The summed E-state index contributed by atoms with van der Waals surface area (Å²) in [6.07, 6.45) is 0. The van der Waals surface area contributed by atoms with Gasteiger partial charge in [0.2, 0.25) is 0 Å². The van der Waals surface area contributed by atoms with Gasteiger partial charge in [-0.05, 0) is 102 Å². The Morgan fingerprint density at radius 1 is 0.508 bits per heavy atom. The molecular weight excluding hydrogens is 756 g/mol. The second kappa shape index (κ2) is 11.8. The summed E-state index contributed by atoms with van der Waals surface area (Å²) < 4.78 is 9.91. The Hall–Kier alpha value is -6.56. The van der Waals surface area contributed by atoms with Gasteiger partial charge in [0, 0.05) is 49.5 Å². The summed E-state index contributed by atoms with van der Waals surface area (Å²) in [4.78, 5) is 2.64. The molecule has 3 aliphatic rings. The molecule has 8 aromatic carbocycles. The molecule has 61 heavy (non-hydrogen) atoms. The van der Waals surface area contributed by atoms with Crippen molar-refractivity contribution < 1.29 is 4.42 Å². The predicted octanol–water partition coefficient (Wildman–Crippen LogP) is 10.4. The molecule has 5 heteroatoms. The molecule has 0 amide bonds. The van der Waals surface area contributed by atoms with Crippen LogP contribution in [0.3, 0.4) is 0 Å². The predicted molar refractivity (Wildman–Crippen MR) is 262 cm³/mol. The van der Waals surface area contributed by atoms with Crippen LogP contribution in [0.15, 0.2) is 168 Å². The van der Waals surface area contributed by atoms with Crippen molar-refractivity contribution in [1.82, 2.24) is 4.48 Å². The van der Waals surface area contributed by atoms with Crippen LogP contribution >= 0.6 is 0 Å². The number of furan rings is 1. The Bertz CT molecular complexity index is 3470. The maximum absolute atomic E-state index is 7.19. The molecule has 0 radical (unpaired) electrons. The van der Waals surface area contributed by atoms with Crippen molar-refractivity contribution in [2.24, 2.45) is 0 Å². The number of aromatic nitrogens is 1. The number of nitrogens with zero attached hydrogens (tertiary/aromatic N) is 2. The number of anilines is 3. The van der Waals surface area contributed by atoms with Crippen molar-refractivity contribution in [3.8, 4) is 11.1 Å². The van der Waals surface area contributed by atoms with Gasteiger partial charge in [-0.3, -0.25) is 0 Å². The zero-order valence-corrected chi connectivity index (χ0v) is 36.5. The number of hydrogen-bond acceptors (Lipinski definition) is 2. The van der Waals surface area contributed by atoms with Crippen molar-refractivity contribution in [3.05, 3.63) is 175 Å². The Kier molecular flexibility index (Phi) is 6.83. The van der Waals surface area contributed by atoms with Gasteiger partial charge in [0.05, 0.1) is 5.69 Å². The molecule has 0 saturated carbocycles. The lowest BCUT2D eigenvalue weighted by molar-refractivity contribution is 0.590. The SMILES string of the molecule is CC(C)(C)c1ccc2c(c1)c1cc(C(C)(C)C)cc3c1n2B1c2cccc4c2N(c2ccccc2[Si]4(c2ccccc2)c2ccccc2)c2c1c-3cc1c2oc2ccccc21. The number of hydrogen-bond donors (Lipinski definition) is 0. The van der Waals surface area contributed by atoms with Gasteiger partial charge in [-0.25, -0.2) is 0 Å². The highest BCUT2D eigenvalue weighted by Crippen LogP contribution is 2.51. The molecule has 0 N–H and O–H groups in total. The third kappa shape index (κ3) is 4.44. The molecule has 13 rings (SSSR count). The van der Waals surface area contributed by atoms with Crippen LogP contribution in [0.5, 0.6) is 0 Å². The summed E-state index contributed by atoms with van der Waals surface area (Å²) in [5.41, 5.74) is 16.1. The minimum atomic E-state index is -2.90. The van der Waals surface area contributed by atoms with E-state index in [2.05, 4.69) is 215 Å². The van der Waals surface area contributed by atoms with Crippen LogP contribution in [0, 0.1) is 0 Å². The van der Waals surface area contributed by atoms with Gasteiger partial charge in [0.15, 0.2) is 13.7 Å². The highest BCUT2D eigenvalue weighted by Gasteiger charge is 2.54. The molecular formula is C56H45BN2OSi. The standard InChI is InChI=1S/C56H45BN2OSi/c1-55(2,3)34-28-29-45-39(30-34)41-31-35(56(4,5)6)32-42-40-33-43-38-22-13-15-25-47(38)60-54(43)53-50(40)57(59(45)51(41)42)44-23-17-27-49-52(44)58(53)46-24-14-16-26-48(46)61(49,36-18-9-7-10-19-36)37-20-11-8-12-21-37/h7-33H,1-6H3.